The van der Waals surface area contributed by atoms with Gasteiger partial charge in [-0.3, -0.25) is 4.79 Å². The van der Waals surface area contributed by atoms with Crippen LogP contribution in [0.15, 0.2) is 4.52 Å². The van der Waals surface area contributed by atoms with Gasteiger partial charge in [-0.2, -0.15) is 4.98 Å². The molecule has 2 rings (SSSR count). The fourth-order valence-electron chi connectivity index (χ4n) is 1.74. The Balaban J connectivity index is 2.00. The molecule has 1 heterocycles. The normalized spacial score (nSPS) is 18.5. The third-order valence-electron chi connectivity index (χ3n) is 3.00. The maximum atomic E-state index is 10.4. The largest absolute Gasteiger partial charge is 0.481 e. The summed E-state index contributed by atoms with van der Waals surface area (Å²) in [6.45, 7) is 2.10. The smallest absolute Gasteiger partial charge is 0.303 e. The van der Waals surface area contributed by atoms with Crippen LogP contribution in [0.3, 0.4) is 0 Å². The number of aliphatic carboxylic acids is 1. The summed E-state index contributed by atoms with van der Waals surface area (Å²) in [5.74, 6) is 0.325. The number of aryl methyl sites for hydroxylation is 1. The van der Waals surface area contributed by atoms with E-state index in [-0.39, 0.29) is 11.8 Å². The van der Waals surface area contributed by atoms with Gasteiger partial charge in [-0.1, -0.05) is 18.5 Å². The highest BCUT2D eigenvalue weighted by Crippen LogP contribution is 2.42. The van der Waals surface area contributed by atoms with E-state index in [1.54, 1.807) is 0 Å². The number of hydrogen-bond donors (Lipinski definition) is 1. The number of rotatable bonds is 4. The number of hydrogen-bond acceptors (Lipinski definition) is 4. The van der Waals surface area contributed by atoms with Gasteiger partial charge in [0.25, 0.3) is 0 Å². The fourth-order valence-corrected chi connectivity index (χ4v) is 1.74. The summed E-state index contributed by atoms with van der Waals surface area (Å²) in [5.41, 5.74) is 0.0362. The van der Waals surface area contributed by atoms with Crippen LogP contribution < -0.4 is 0 Å². The van der Waals surface area contributed by atoms with Crippen molar-refractivity contribution in [1.82, 2.24) is 10.1 Å². The molecule has 0 spiro atoms. The zero-order valence-corrected chi connectivity index (χ0v) is 8.69. The van der Waals surface area contributed by atoms with E-state index in [2.05, 4.69) is 17.1 Å². The number of nitrogens with zero attached hydrogens (tertiary/aromatic N) is 2. The van der Waals surface area contributed by atoms with E-state index in [1.807, 2.05) is 0 Å². The van der Waals surface area contributed by atoms with E-state index in [1.165, 1.54) is 6.42 Å². The van der Waals surface area contributed by atoms with Crippen LogP contribution in [-0.2, 0) is 16.6 Å². The number of carbonyl (C=O) groups is 1. The number of aromatic nitrogens is 2. The number of carboxylic acids is 1. The van der Waals surface area contributed by atoms with E-state index < -0.39 is 5.97 Å². The lowest BCUT2D eigenvalue weighted by atomic mass is 9.70. The summed E-state index contributed by atoms with van der Waals surface area (Å²) >= 11 is 0. The molecular weight excluding hydrogens is 196 g/mol. The maximum absolute atomic E-state index is 10.4. The maximum Gasteiger partial charge on any atom is 0.303 e. The number of carboxylic acid groups (broad SMARTS) is 1. The molecule has 0 amide bonds. The topological polar surface area (TPSA) is 76.2 Å². The van der Waals surface area contributed by atoms with Crippen LogP contribution in [0.1, 0.15) is 44.3 Å². The zero-order chi connectivity index (χ0) is 10.9. The van der Waals surface area contributed by atoms with Crippen molar-refractivity contribution in [3.8, 4) is 0 Å². The predicted molar refractivity (Wildman–Crippen MR) is 51.5 cm³/mol. The van der Waals surface area contributed by atoms with Crippen molar-refractivity contribution >= 4 is 5.97 Å². The van der Waals surface area contributed by atoms with Gasteiger partial charge in [0.2, 0.25) is 5.89 Å². The Bertz CT molecular complexity index is 368. The van der Waals surface area contributed by atoms with E-state index >= 15 is 0 Å². The predicted octanol–water partition coefficient (Wildman–Crippen LogP) is 1.53. The monoisotopic (exact) mass is 210 g/mol. The molecule has 0 aromatic carbocycles. The first-order valence-corrected chi connectivity index (χ1v) is 5.15. The molecule has 1 aliphatic carbocycles. The molecular formula is C10H14N2O3. The molecule has 1 N–H and O–H groups in total. The molecule has 1 fully saturated rings. The molecule has 15 heavy (non-hydrogen) atoms. The van der Waals surface area contributed by atoms with Crippen LogP contribution in [0, 0.1) is 0 Å². The molecule has 0 bridgehead atoms. The van der Waals surface area contributed by atoms with Gasteiger partial charge in [0, 0.05) is 11.8 Å². The Morgan fingerprint density at radius 3 is 2.87 bits per heavy atom. The molecule has 5 heteroatoms. The van der Waals surface area contributed by atoms with Gasteiger partial charge in [0.05, 0.1) is 6.42 Å². The Morgan fingerprint density at radius 1 is 1.60 bits per heavy atom. The summed E-state index contributed by atoms with van der Waals surface area (Å²) < 4.78 is 5.15. The lowest BCUT2D eigenvalue weighted by Crippen LogP contribution is -2.30. The van der Waals surface area contributed by atoms with Gasteiger partial charge in [-0.05, 0) is 12.8 Å². The summed E-state index contributed by atoms with van der Waals surface area (Å²) in [5, 5.41) is 12.3. The summed E-state index contributed by atoms with van der Waals surface area (Å²) in [6, 6.07) is 0. The Labute approximate surface area is 87.5 Å². The molecule has 1 aromatic rings. The van der Waals surface area contributed by atoms with Crippen molar-refractivity contribution in [2.24, 2.45) is 0 Å². The first-order valence-electron chi connectivity index (χ1n) is 5.15. The Hall–Kier alpha value is -1.39. The van der Waals surface area contributed by atoms with Crippen molar-refractivity contribution in [2.45, 2.75) is 44.4 Å². The molecule has 1 aromatic heterocycles. The Kier molecular flexibility index (Phi) is 2.46. The molecule has 0 saturated heterocycles. The summed E-state index contributed by atoms with van der Waals surface area (Å²) in [6.07, 6.45) is 3.75. The average Bonchev–Trinajstić information content (AvgIpc) is 2.59. The van der Waals surface area contributed by atoms with Gasteiger partial charge >= 0.3 is 5.97 Å². The first kappa shape index (κ1) is 10.1. The minimum atomic E-state index is -0.837. The van der Waals surface area contributed by atoms with E-state index in [0.29, 0.717) is 18.1 Å². The van der Waals surface area contributed by atoms with Crippen LogP contribution in [0.25, 0.3) is 0 Å². The summed E-state index contributed by atoms with van der Waals surface area (Å²) in [4.78, 5) is 14.6. The van der Waals surface area contributed by atoms with Crippen LogP contribution in [0.2, 0.25) is 0 Å². The van der Waals surface area contributed by atoms with Crippen LogP contribution in [-0.4, -0.2) is 21.2 Å². The average molecular weight is 210 g/mol. The van der Waals surface area contributed by atoms with E-state index in [9.17, 15) is 4.79 Å². The zero-order valence-electron chi connectivity index (χ0n) is 8.69. The van der Waals surface area contributed by atoms with Gasteiger partial charge in [0.15, 0.2) is 5.82 Å². The standard InChI is InChI=1S/C10H14N2O3/c1-10(5-2-6-10)9-11-7(12-15-9)3-4-8(13)14/h2-6H2,1H3,(H,13,14). The molecule has 1 saturated carbocycles. The van der Waals surface area contributed by atoms with Crippen molar-refractivity contribution in [1.29, 1.82) is 0 Å². The molecule has 0 unspecified atom stereocenters. The van der Waals surface area contributed by atoms with Gasteiger partial charge in [0.1, 0.15) is 0 Å². The highest BCUT2D eigenvalue weighted by Gasteiger charge is 2.38. The van der Waals surface area contributed by atoms with Crippen molar-refractivity contribution < 1.29 is 14.4 Å². The summed E-state index contributed by atoms with van der Waals surface area (Å²) in [7, 11) is 0. The lowest BCUT2D eigenvalue weighted by Gasteiger charge is -2.34. The molecule has 0 atom stereocenters. The minimum Gasteiger partial charge on any atom is -0.481 e. The second kappa shape index (κ2) is 3.64. The van der Waals surface area contributed by atoms with E-state index in [4.69, 9.17) is 9.63 Å². The highest BCUT2D eigenvalue weighted by molar-refractivity contribution is 5.66. The highest BCUT2D eigenvalue weighted by atomic mass is 16.5. The Morgan fingerprint density at radius 2 is 2.33 bits per heavy atom. The second-order valence-corrected chi connectivity index (χ2v) is 4.32. The van der Waals surface area contributed by atoms with Crippen LogP contribution >= 0.6 is 0 Å². The van der Waals surface area contributed by atoms with Crippen LogP contribution in [0.4, 0.5) is 0 Å². The lowest BCUT2D eigenvalue weighted by molar-refractivity contribution is -0.137. The van der Waals surface area contributed by atoms with Gasteiger partial charge < -0.3 is 9.63 Å². The minimum absolute atomic E-state index is 0.0362. The molecule has 5 nitrogen and oxygen atoms in total. The third kappa shape index (κ3) is 2.00. The van der Waals surface area contributed by atoms with E-state index in [0.717, 1.165) is 12.8 Å². The second-order valence-electron chi connectivity index (χ2n) is 4.32. The molecule has 0 radical (unpaired) electrons. The quantitative estimate of drug-likeness (QED) is 0.815. The fraction of sp³-hybridized carbons (Fsp3) is 0.700. The van der Waals surface area contributed by atoms with Gasteiger partial charge in [-0.15, -0.1) is 0 Å². The van der Waals surface area contributed by atoms with Crippen LogP contribution in [0.5, 0.6) is 0 Å². The van der Waals surface area contributed by atoms with Gasteiger partial charge in [-0.25, -0.2) is 0 Å². The first-order chi connectivity index (χ1) is 7.10. The van der Waals surface area contributed by atoms with Crippen molar-refractivity contribution in [2.75, 3.05) is 0 Å². The van der Waals surface area contributed by atoms with Crippen molar-refractivity contribution in [3.05, 3.63) is 11.7 Å². The molecule has 1 aliphatic rings. The molecule has 0 aliphatic heterocycles. The third-order valence-corrected chi connectivity index (χ3v) is 3.00. The molecule has 82 valence electrons. The van der Waals surface area contributed by atoms with Crippen molar-refractivity contribution in [3.63, 3.8) is 0 Å². The SMILES string of the molecule is CC1(c2nc(CCC(=O)O)no2)CCC1.